The molecular weight excluding hydrogens is 384 g/mol. The summed E-state index contributed by atoms with van der Waals surface area (Å²) in [5.41, 5.74) is 2.71. The van der Waals surface area contributed by atoms with Crippen molar-refractivity contribution in [3.63, 3.8) is 0 Å². The van der Waals surface area contributed by atoms with Crippen molar-refractivity contribution in [2.45, 2.75) is 26.7 Å². The number of para-hydroxylation sites is 1. The summed E-state index contributed by atoms with van der Waals surface area (Å²) in [6.45, 7) is 5.56. The number of nitrogens with one attached hydrogen (secondary N) is 1. The first kappa shape index (κ1) is 19.5. The molecule has 1 aromatic heterocycles. The van der Waals surface area contributed by atoms with Gasteiger partial charge in [-0.2, -0.15) is 0 Å². The lowest BCUT2D eigenvalue weighted by molar-refractivity contribution is -0.118. The summed E-state index contributed by atoms with van der Waals surface area (Å²) >= 11 is 1.50. The molecule has 0 spiro atoms. The highest BCUT2D eigenvalue weighted by Gasteiger charge is 2.21. The standard InChI is InChI=1S/C23H24N2O3S/c1-15-6-5-7-16(2)22(15)28-14-21(26)24-18-8-9-19-17(12-18)13-20(29-19)23(27)25-10-3-4-11-25/h5-9,12-13H,3-4,10-11,14H2,1-2H3,(H,24,26). The molecule has 1 fully saturated rings. The Labute approximate surface area is 174 Å². The number of rotatable bonds is 5. The van der Waals surface area contributed by atoms with E-state index in [0.717, 1.165) is 57.8 Å². The van der Waals surface area contributed by atoms with Gasteiger partial charge in [-0.15, -0.1) is 11.3 Å². The van der Waals surface area contributed by atoms with E-state index in [9.17, 15) is 9.59 Å². The number of nitrogens with zero attached hydrogens (tertiary/aromatic N) is 1. The van der Waals surface area contributed by atoms with Crippen molar-refractivity contribution in [2.75, 3.05) is 25.0 Å². The van der Waals surface area contributed by atoms with Crippen LogP contribution in [-0.4, -0.2) is 36.4 Å². The third kappa shape index (κ3) is 4.27. The van der Waals surface area contributed by atoms with Crippen LogP contribution in [0.4, 0.5) is 5.69 Å². The van der Waals surface area contributed by atoms with Crippen LogP contribution in [0.15, 0.2) is 42.5 Å². The number of hydrogen-bond acceptors (Lipinski definition) is 4. The van der Waals surface area contributed by atoms with Gasteiger partial charge >= 0.3 is 0 Å². The average Bonchev–Trinajstić information content (AvgIpc) is 3.36. The third-order valence-electron chi connectivity index (χ3n) is 5.16. The molecule has 0 aliphatic carbocycles. The number of ether oxygens (including phenoxy) is 1. The summed E-state index contributed by atoms with van der Waals surface area (Å²) in [7, 11) is 0. The van der Waals surface area contributed by atoms with Crippen LogP contribution in [-0.2, 0) is 4.79 Å². The fraction of sp³-hybridized carbons (Fsp3) is 0.304. The van der Waals surface area contributed by atoms with Crippen molar-refractivity contribution in [3.8, 4) is 5.75 Å². The van der Waals surface area contributed by atoms with E-state index in [-0.39, 0.29) is 18.4 Å². The second kappa shape index (κ2) is 8.25. The number of anilines is 1. The average molecular weight is 409 g/mol. The molecule has 0 radical (unpaired) electrons. The zero-order chi connectivity index (χ0) is 20.4. The van der Waals surface area contributed by atoms with Gasteiger partial charge < -0.3 is 15.0 Å². The van der Waals surface area contributed by atoms with Crippen molar-refractivity contribution in [1.29, 1.82) is 0 Å². The SMILES string of the molecule is Cc1cccc(C)c1OCC(=O)Nc1ccc2sc(C(=O)N3CCCC3)cc2c1. The highest BCUT2D eigenvalue weighted by atomic mass is 32.1. The monoisotopic (exact) mass is 408 g/mol. The minimum atomic E-state index is -0.212. The van der Waals surface area contributed by atoms with Crippen LogP contribution in [0.1, 0.15) is 33.6 Å². The quantitative estimate of drug-likeness (QED) is 0.661. The second-order valence-corrected chi connectivity index (χ2v) is 8.50. The number of fused-ring (bicyclic) bond motifs is 1. The molecular formula is C23H24N2O3S. The van der Waals surface area contributed by atoms with Gasteiger partial charge in [-0.3, -0.25) is 9.59 Å². The van der Waals surface area contributed by atoms with Gasteiger partial charge in [0, 0.05) is 23.5 Å². The lowest BCUT2D eigenvalue weighted by atomic mass is 10.1. The van der Waals surface area contributed by atoms with E-state index in [1.165, 1.54) is 11.3 Å². The molecule has 2 heterocycles. The number of benzene rings is 2. The van der Waals surface area contributed by atoms with E-state index >= 15 is 0 Å². The van der Waals surface area contributed by atoms with Gasteiger partial charge in [-0.25, -0.2) is 0 Å². The smallest absolute Gasteiger partial charge is 0.263 e. The normalized spacial score (nSPS) is 13.7. The number of hydrogen-bond donors (Lipinski definition) is 1. The largest absolute Gasteiger partial charge is 0.483 e. The van der Waals surface area contributed by atoms with E-state index in [0.29, 0.717) is 5.69 Å². The minimum absolute atomic E-state index is 0.0495. The van der Waals surface area contributed by atoms with Crippen molar-refractivity contribution in [3.05, 3.63) is 58.5 Å². The summed E-state index contributed by atoms with van der Waals surface area (Å²) in [6.07, 6.45) is 2.16. The molecule has 3 aromatic rings. The molecule has 0 saturated carbocycles. The summed E-state index contributed by atoms with van der Waals surface area (Å²) in [6, 6.07) is 13.5. The van der Waals surface area contributed by atoms with Crippen LogP contribution in [0.3, 0.4) is 0 Å². The first-order valence-electron chi connectivity index (χ1n) is 9.83. The first-order chi connectivity index (χ1) is 14.0. The highest BCUT2D eigenvalue weighted by molar-refractivity contribution is 7.20. The van der Waals surface area contributed by atoms with Gasteiger partial charge in [0.15, 0.2) is 6.61 Å². The maximum atomic E-state index is 12.6. The minimum Gasteiger partial charge on any atom is -0.483 e. The number of carbonyl (C=O) groups excluding carboxylic acids is 2. The Morgan fingerprint density at radius 2 is 1.79 bits per heavy atom. The lowest BCUT2D eigenvalue weighted by Crippen LogP contribution is -2.26. The number of thiophene rings is 1. The Morgan fingerprint density at radius 3 is 2.52 bits per heavy atom. The molecule has 5 nitrogen and oxygen atoms in total. The Morgan fingerprint density at radius 1 is 1.07 bits per heavy atom. The van der Waals surface area contributed by atoms with Crippen LogP contribution < -0.4 is 10.1 Å². The molecule has 1 aliphatic heterocycles. The molecule has 2 aromatic carbocycles. The molecule has 6 heteroatoms. The Balaban J connectivity index is 1.42. The second-order valence-electron chi connectivity index (χ2n) is 7.42. The molecule has 4 rings (SSSR count). The zero-order valence-corrected chi connectivity index (χ0v) is 17.5. The summed E-state index contributed by atoms with van der Waals surface area (Å²) < 4.78 is 6.76. The van der Waals surface area contributed by atoms with Gasteiger partial charge in [-0.1, -0.05) is 18.2 Å². The fourth-order valence-corrected chi connectivity index (χ4v) is 4.68. The van der Waals surface area contributed by atoms with E-state index < -0.39 is 0 Å². The first-order valence-corrected chi connectivity index (χ1v) is 10.6. The molecule has 150 valence electrons. The van der Waals surface area contributed by atoms with Crippen LogP contribution in [0.2, 0.25) is 0 Å². The summed E-state index contributed by atoms with van der Waals surface area (Å²) in [4.78, 5) is 27.6. The van der Waals surface area contributed by atoms with Gasteiger partial charge in [-0.05, 0) is 67.5 Å². The van der Waals surface area contributed by atoms with Gasteiger partial charge in [0.25, 0.3) is 11.8 Å². The number of likely N-dealkylation sites (tertiary alicyclic amines) is 1. The van der Waals surface area contributed by atoms with Crippen molar-refractivity contribution in [1.82, 2.24) is 4.90 Å². The van der Waals surface area contributed by atoms with E-state index in [4.69, 9.17) is 4.74 Å². The van der Waals surface area contributed by atoms with E-state index in [1.54, 1.807) is 0 Å². The molecule has 1 N–H and O–H groups in total. The number of amides is 2. The molecule has 0 bridgehead atoms. The van der Waals surface area contributed by atoms with Gasteiger partial charge in [0.1, 0.15) is 5.75 Å². The van der Waals surface area contributed by atoms with E-state index in [1.807, 2.05) is 61.2 Å². The molecule has 2 amide bonds. The predicted molar refractivity (Wildman–Crippen MR) is 117 cm³/mol. The van der Waals surface area contributed by atoms with Crippen LogP contribution in [0.25, 0.3) is 10.1 Å². The van der Waals surface area contributed by atoms with E-state index in [2.05, 4.69) is 5.32 Å². The predicted octanol–water partition coefficient (Wildman–Crippen LogP) is 4.77. The number of carbonyl (C=O) groups is 2. The molecule has 0 atom stereocenters. The molecule has 1 saturated heterocycles. The Kier molecular flexibility index (Phi) is 5.53. The lowest BCUT2D eigenvalue weighted by Gasteiger charge is -2.13. The maximum Gasteiger partial charge on any atom is 0.263 e. The fourth-order valence-electron chi connectivity index (χ4n) is 3.66. The molecule has 0 unspecified atom stereocenters. The molecule has 1 aliphatic rings. The van der Waals surface area contributed by atoms with Crippen LogP contribution in [0.5, 0.6) is 5.75 Å². The molecule has 29 heavy (non-hydrogen) atoms. The number of aryl methyl sites for hydroxylation is 2. The Hall–Kier alpha value is -2.86. The van der Waals surface area contributed by atoms with Crippen LogP contribution >= 0.6 is 11.3 Å². The van der Waals surface area contributed by atoms with Crippen LogP contribution in [0, 0.1) is 13.8 Å². The van der Waals surface area contributed by atoms with Crippen molar-refractivity contribution in [2.24, 2.45) is 0 Å². The zero-order valence-electron chi connectivity index (χ0n) is 16.7. The Bertz CT molecular complexity index is 1050. The van der Waals surface area contributed by atoms with Crippen molar-refractivity contribution < 1.29 is 14.3 Å². The maximum absolute atomic E-state index is 12.6. The summed E-state index contributed by atoms with van der Waals surface area (Å²) in [5.74, 6) is 0.646. The van der Waals surface area contributed by atoms with Crippen molar-refractivity contribution >= 4 is 38.9 Å². The third-order valence-corrected chi connectivity index (χ3v) is 6.26. The summed E-state index contributed by atoms with van der Waals surface area (Å²) in [5, 5.41) is 3.85. The topological polar surface area (TPSA) is 58.6 Å². The highest BCUT2D eigenvalue weighted by Crippen LogP contribution is 2.30. The van der Waals surface area contributed by atoms with Gasteiger partial charge in [0.05, 0.1) is 4.88 Å². The van der Waals surface area contributed by atoms with Gasteiger partial charge in [0.2, 0.25) is 0 Å².